The molecule has 1 aromatic carbocycles. The number of ether oxygens (including phenoxy) is 1. The third-order valence-corrected chi connectivity index (χ3v) is 2.68. The molecule has 0 aromatic heterocycles. The molecule has 0 fully saturated rings. The number of halogens is 1. The van der Waals surface area contributed by atoms with E-state index in [0.29, 0.717) is 19.6 Å². The number of aryl methyl sites for hydroxylation is 1. The normalized spacial score (nSPS) is 9.70. The van der Waals surface area contributed by atoms with Gasteiger partial charge in [0.15, 0.2) is 0 Å². The summed E-state index contributed by atoms with van der Waals surface area (Å²) in [5, 5.41) is 6.03. The number of benzene rings is 1. The van der Waals surface area contributed by atoms with Crippen LogP contribution in [0.25, 0.3) is 0 Å². The van der Waals surface area contributed by atoms with Crippen molar-refractivity contribution < 1.29 is 9.53 Å². The standard InChI is InChI=1S/C15H24N2O2.ClH/c1-3-16-9-10-17-15(18)8-5-11-19-14-7-4-6-13(2)12-14;/h4,6-7,12,16H,3,5,8-11H2,1-2H3,(H,17,18);1H. The van der Waals surface area contributed by atoms with Gasteiger partial charge in [0.2, 0.25) is 5.91 Å². The highest BCUT2D eigenvalue weighted by molar-refractivity contribution is 5.85. The van der Waals surface area contributed by atoms with Crippen molar-refractivity contribution in [3.8, 4) is 5.75 Å². The Morgan fingerprint density at radius 2 is 2.10 bits per heavy atom. The van der Waals surface area contributed by atoms with E-state index in [1.54, 1.807) is 0 Å². The van der Waals surface area contributed by atoms with Crippen LogP contribution in [-0.2, 0) is 4.79 Å². The number of amides is 1. The summed E-state index contributed by atoms with van der Waals surface area (Å²) >= 11 is 0. The van der Waals surface area contributed by atoms with Crippen molar-refractivity contribution in [3.63, 3.8) is 0 Å². The number of rotatable bonds is 9. The first-order valence-corrected chi connectivity index (χ1v) is 6.89. The molecule has 0 saturated heterocycles. The Balaban J connectivity index is 0.00000361. The largest absolute Gasteiger partial charge is 0.494 e. The molecule has 5 heteroatoms. The minimum absolute atomic E-state index is 0. The molecular formula is C15H25ClN2O2. The summed E-state index contributed by atoms with van der Waals surface area (Å²) in [7, 11) is 0. The van der Waals surface area contributed by atoms with E-state index in [1.807, 2.05) is 38.1 Å². The second-order valence-electron chi connectivity index (χ2n) is 4.47. The first-order chi connectivity index (χ1) is 9.22. The average Bonchev–Trinajstić information content (AvgIpc) is 2.40. The summed E-state index contributed by atoms with van der Waals surface area (Å²) in [5.41, 5.74) is 1.18. The van der Waals surface area contributed by atoms with Crippen molar-refractivity contribution in [2.45, 2.75) is 26.7 Å². The van der Waals surface area contributed by atoms with Crippen LogP contribution in [0.15, 0.2) is 24.3 Å². The predicted octanol–water partition coefficient (Wildman–Crippen LogP) is 2.30. The van der Waals surface area contributed by atoms with Gasteiger partial charge in [-0.25, -0.2) is 0 Å². The Morgan fingerprint density at radius 1 is 1.30 bits per heavy atom. The minimum atomic E-state index is 0. The molecular weight excluding hydrogens is 276 g/mol. The molecule has 0 spiro atoms. The highest BCUT2D eigenvalue weighted by Gasteiger charge is 2.00. The van der Waals surface area contributed by atoms with E-state index in [4.69, 9.17) is 4.74 Å². The first kappa shape index (κ1) is 18.7. The number of carbonyl (C=O) groups is 1. The summed E-state index contributed by atoms with van der Waals surface area (Å²) in [6.45, 7) is 7.09. The SMILES string of the molecule is CCNCCNC(=O)CCCOc1cccc(C)c1.Cl. The molecule has 114 valence electrons. The molecule has 0 aliphatic heterocycles. The minimum Gasteiger partial charge on any atom is -0.494 e. The lowest BCUT2D eigenvalue weighted by Gasteiger charge is -2.07. The molecule has 0 radical (unpaired) electrons. The Morgan fingerprint density at radius 3 is 2.80 bits per heavy atom. The van der Waals surface area contributed by atoms with Gasteiger partial charge in [0.25, 0.3) is 0 Å². The zero-order chi connectivity index (χ0) is 13.9. The van der Waals surface area contributed by atoms with Crippen LogP contribution >= 0.6 is 12.4 Å². The maximum Gasteiger partial charge on any atom is 0.220 e. The molecule has 0 atom stereocenters. The van der Waals surface area contributed by atoms with Crippen LogP contribution in [0.2, 0.25) is 0 Å². The smallest absolute Gasteiger partial charge is 0.220 e. The molecule has 1 rings (SSSR count). The monoisotopic (exact) mass is 300 g/mol. The van der Waals surface area contributed by atoms with Gasteiger partial charge in [0, 0.05) is 19.5 Å². The van der Waals surface area contributed by atoms with Crippen molar-refractivity contribution >= 4 is 18.3 Å². The molecule has 0 unspecified atom stereocenters. The van der Waals surface area contributed by atoms with Crippen LogP contribution in [-0.4, -0.2) is 32.1 Å². The summed E-state index contributed by atoms with van der Waals surface area (Å²) in [6, 6.07) is 7.93. The van der Waals surface area contributed by atoms with Crippen LogP contribution in [0.1, 0.15) is 25.3 Å². The van der Waals surface area contributed by atoms with Crippen molar-refractivity contribution in [3.05, 3.63) is 29.8 Å². The first-order valence-electron chi connectivity index (χ1n) is 6.89. The number of hydrogen-bond acceptors (Lipinski definition) is 3. The number of likely N-dealkylation sites (N-methyl/N-ethyl adjacent to an activating group) is 1. The highest BCUT2D eigenvalue weighted by Crippen LogP contribution is 2.12. The molecule has 0 saturated carbocycles. The number of carbonyl (C=O) groups excluding carboxylic acids is 1. The predicted molar refractivity (Wildman–Crippen MR) is 84.7 cm³/mol. The molecule has 0 aliphatic carbocycles. The van der Waals surface area contributed by atoms with Crippen LogP contribution in [0, 0.1) is 6.92 Å². The lowest BCUT2D eigenvalue weighted by Crippen LogP contribution is -2.31. The van der Waals surface area contributed by atoms with Crippen molar-refractivity contribution in [1.82, 2.24) is 10.6 Å². The summed E-state index contributed by atoms with van der Waals surface area (Å²) < 4.78 is 5.59. The molecule has 0 bridgehead atoms. The van der Waals surface area contributed by atoms with Crippen LogP contribution in [0.5, 0.6) is 5.75 Å². The molecule has 2 N–H and O–H groups in total. The molecule has 0 heterocycles. The second kappa shape index (κ2) is 11.6. The van der Waals surface area contributed by atoms with E-state index in [0.717, 1.165) is 25.3 Å². The van der Waals surface area contributed by atoms with Crippen LogP contribution in [0.3, 0.4) is 0 Å². The van der Waals surface area contributed by atoms with Gasteiger partial charge < -0.3 is 15.4 Å². The van der Waals surface area contributed by atoms with Crippen LogP contribution in [0.4, 0.5) is 0 Å². The van der Waals surface area contributed by atoms with Gasteiger partial charge in [-0.1, -0.05) is 19.1 Å². The van der Waals surface area contributed by atoms with Crippen LogP contribution < -0.4 is 15.4 Å². The third kappa shape index (κ3) is 8.77. The van der Waals surface area contributed by atoms with Gasteiger partial charge in [-0.3, -0.25) is 4.79 Å². The molecule has 0 aliphatic rings. The van der Waals surface area contributed by atoms with Crippen molar-refractivity contribution in [1.29, 1.82) is 0 Å². The van der Waals surface area contributed by atoms with E-state index >= 15 is 0 Å². The zero-order valence-corrected chi connectivity index (χ0v) is 13.1. The van der Waals surface area contributed by atoms with E-state index in [-0.39, 0.29) is 18.3 Å². The fourth-order valence-corrected chi connectivity index (χ4v) is 1.68. The van der Waals surface area contributed by atoms with E-state index < -0.39 is 0 Å². The van der Waals surface area contributed by atoms with Gasteiger partial charge >= 0.3 is 0 Å². The Hall–Kier alpha value is -1.26. The maximum atomic E-state index is 11.5. The van der Waals surface area contributed by atoms with E-state index in [2.05, 4.69) is 10.6 Å². The van der Waals surface area contributed by atoms with E-state index in [9.17, 15) is 4.79 Å². The van der Waals surface area contributed by atoms with Gasteiger partial charge in [-0.15, -0.1) is 12.4 Å². The highest BCUT2D eigenvalue weighted by atomic mass is 35.5. The Kier molecular flexibility index (Phi) is 10.8. The quantitative estimate of drug-likeness (QED) is 0.688. The Labute approximate surface area is 127 Å². The fraction of sp³-hybridized carbons (Fsp3) is 0.533. The third-order valence-electron chi connectivity index (χ3n) is 2.68. The maximum absolute atomic E-state index is 11.5. The topological polar surface area (TPSA) is 50.4 Å². The van der Waals surface area contributed by atoms with Gasteiger partial charge in [-0.05, 0) is 37.6 Å². The number of hydrogen-bond donors (Lipinski definition) is 2. The van der Waals surface area contributed by atoms with Crippen molar-refractivity contribution in [2.75, 3.05) is 26.2 Å². The summed E-state index contributed by atoms with van der Waals surface area (Å²) in [4.78, 5) is 11.5. The molecule has 4 nitrogen and oxygen atoms in total. The zero-order valence-electron chi connectivity index (χ0n) is 12.3. The number of nitrogens with one attached hydrogen (secondary N) is 2. The molecule has 1 amide bonds. The molecule has 20 heavy (non-hydrogen) atoms. The lowest BCUT2D eigenvalue weighted by molar-refractivity contribution is -0.121. The Bertz CT molecular complexity index is 386. The van der Waals surface area contributed by atoms with Gasteiger partial charge in [-0.2, -0.15) is 0 Å². The summed E-state index contributed by atoms with van der Waals surface area (Å²) in [6.07, 6.45) is 1.25. The van der Waals surface area contributed by atoms with Gasteiger partial charge in [0.05, 0.1) is 6.61 Å². The van der Waals surface area contributed by atoms with Crippen molar-refractivity contribution in [2.24, 2.45) is 0 Å². The lowest BCUT2D eigenvalue weighted by atomic mass is 10.2. The van der Waals surface area contributed by atoms with Gasteiger partial charge in [0.1, 0.15) is 5.75 Å². The summed E-state index contributed by atoms with van der Waals surface area (Å²) in [5.74, 6) is 0.957. The fourth-order valence-electron chi connectivity index (χ4n) is 1.68. The average molecular weight is 301 g/mol. The van der Waals surface area contributed by atoms with E-state index in [1.165, 1.54) is 5.56 Å². The molecule has 1 aromatic rings. The second-order valence-corrected chi connectivity index (χ2v) is 4.47.